The van der Waals surface area contributed by atoms with Crippen LogP contribution < -0.4 is 6.15 Å². The molecule has 0 atom stereocenters. The van der Waals surface area contributed by atoms with Gasteiger partial charge >= 0.3 is 0 Å². The van der Waals surface area contributed by atoms with Crippen LogP contribution in [0.15, 0.2) is 36.5 Å². The first-order chi connectivity index (χ1) is 3.63. The molecule has 0 rings (SSSR count). The average Bonchev–Trinajstić information content (AvgIpc) is 1.61. The van der Waals surface area contributed by atoms with E-state index in [1.54, 1.807) is 0 Å². The zero-order valence-electron chi connectivity index (χ0n) is 6.28. The molecule has 0 aliphatic heterocycles. The Morgan fingerprint density at radius 3 is 1.33 bits per heavy atom. The third kappa shape index (κ3) is 11.0. The number of allylic oxidation sites excluding steroid dienone is 4. The summed E-state index contributed by atoms with van der Waals surface area (Å²) in [5.74, 6) is 0. The van der Waals surface area contributed by atoms with Crippen LogP contribution in [0.25, 0.3) is 0 Å². The Morgan fingerprint density at radius 1 is 1.00 bits per heavy atom. The van der Waals surface area contributed by atoms with Crippen molar-refractivity contribution in [1.82, 2.24) is 6.15 Å². The standard InChI is InChI=1S/C8H12.H3N/c1-7(2)5-6-8(3)4;/h5-6H,1,3H2,2,4H3;1H3/b6-5-;. The largest absolute Gasteiger partial charge is 0.344 e. The predicted octanol–water partition coefficient (Wildman–Crippen LogP) is 2.86. The minimum Gasteiger partial charge on any atom is -0.344 e. The lowest BCUT2D eigenvalue weighted by Gasteiger charge is -1.84. The van der Waals surface area contributed by atoms with E-state index in [0.717, 1.165) is 11.1 Å². The lowest BCUT2D eigenvalue weighted by molar-refractivity contribution is 1.50. The van der Waals surface area contributed by atoms with Gasteiger partial charge in [-0.05, 0) is 13.8 Å². The number of hydrogen-bond acceptors (Lipinski definition) is 1. The van der Waals surface area contributed by atoms with Gasteiger partial charge in [-0.15, -0.1) is 0 Å². The number of rotatable bonds is 2. The summed E-state index contributed by atoms with van der Waals surface area (Å²) in [7, 11) is 0. The van der Waals surface area contributed by atoms with Crippen LogP contribution in [0.5, 0.6) is 0 Å². The molecule has 0 spiro atoms. The molecule has 0 aromatic heterocycles. The Morgan fingerprint density at radius 2 is 1.22 bits per heavy atom. The zero-order valence-corrected chi connectivity index (χ0v) is 6.28. The van der Waals surface area contributed by atoms with E-state index in [4.69, 9.17) is 0 Å². The second-order valence-electron chi connectivity index (χ2n) is 2.03. The molecule has 0 aliphatic carbocycles. The van der Waals surface area contributed by atoms with E-state index in [-0.39, 0.29) is 6.15 Å². The summed E-state index contributed by atoms with van der Waals surface area (Å²) >= 11 is 0. The maximum absolute atomic E-state index is 3.70. The summed E-state index contributed by atoms with van der Waals surface area (Å²) in [6, 6.07) is 0. The molecule has 0 fully saturated rings. The molecular formula is C8H15N. The van der Waals surface area contributed by atoms with Crippen molar-refractivity contribution < 1.29 is 0 Å². The second kappa shape index (κ2) is 5.32. The van der Waals surface area contributed by atoms with E-state index in [0.29, 0.717) is 0 Å². The lowest BCUT2D eigenvalue weighted by atomic mass is 10.2. The molecule has 3 N–H and O–H groups in total. The van der Waals surface area contributed by atoms with Gasteiger partial charge in [-0.25, -0.2) is 0 Å². The van der Waals surface area contributed by atoms with E-state index in [9.17, 15) is 0 Å². The topological polar surface area (TPSA) is 35.0 Å². The molecule has 0 aromatic rings. The maximum atomic E-state index is 3.70. The molecule has 0 aromatic carbocycles. The fraction of sp³-hybridized carbons (Fsp3) is 0.250. The van der Waals surface area contributed by atoms with Gasteiger partial charge in [0.05, 0.1) is 0 Å². The van der Waals surface area contributed by atoms with Gasteiger partial charge in [-0.3, -0.25) is 0 Å². The third-order valence-electron chi connectivity index (χ3n) is 0.652. The van der Waals surface area contributed by atoms with Crippen LogP contribution in [-0.4, -0.2) is 0 Å². The highest BCUT2D eigenvalue weighted by atomic mass is 14.0. The van der Waals surface area contributed by atoms with Crippen molar-refractivity contribution >= 4 is 0 Å². The van der Waals surface area contributed by atoms with Crippen molar-refractivity contribution in [3.63, 3.8) is 0 Å². The highest BCUT2D eigenvalue weighted by Gasteiger charge is 1.72. The van der Waals surface area contributed by atoms with Crippen molar-refractivity contribution in [2.75, 3.05) is 0 Å². The molecule has 1 heteroatoms. The fourth-order valence-electron chi connectivity index (χ4n) is 0.285. The second-order valence-corrected chi connectivity index (χ2v) is 2.03. The van der Waals surface area contributed by atoms with Crippen LogP contribution in [0.4, 0.5) is 0 Å². The summed E-state index contributed by atoms with van der Waals surface area (Å²) in [4.78, 5) is 0. The van der Waals surface area contributed by atoms with Crippen molar-refractivity contribution in [2.24, 2.45) is 0 Å². The molecule has 1 nitrogen and oxygen atoms in total. The first-order valence-corrected chi connectivity index (χ1v) is 2.62. The van der Waals surface area contributed by atoms with Gasteiger partial charge in [0.15, 0.2) is 0 Å². The third-order valence-corrected chi connectivity index (χ3v) is 0.652. The molecule has 0 radical (unpaired) electrons. The van der Waals surface area contributed by atoms with Gasteiger partial charge in [0.25, 0.3) is 0 Å². The van der Waals surface area contributed by atoms with Gasteiger partial charge in [0.2, 0.25) is 0 Å². The van der Waals surface area contributed by atoms with E-state index in [1.807, 2.05) is 26.0 Å². The quantitative estimate of drug-likeness (QED) is 0.566. The van der Waals surface area contributed by atoms with Crippen LogP contribution in [0.2, 0.25) is 0 Å². The van der Waals surface area contributed by atoms with Crippen molar-refractivity contribution in [2.45, 2.75) is 13.8 Å². The van der Waals surface area contributed by atoms with Gasteiger partial charge in [0.1, 0.15) is 0 Å². The molecule has 0 heterocycles. The minimum absolute atomic E-state index is 0. The molecule has 0 amide bonds. The monoisotopic (exact) mass is 125 g/mol. The SMILES string of the molecule is C=C(C)/C=C\C(=C)C.N. The lowest BCUT2D eigenvalue weighted by Crippen LogP contribution is -1.62. The minimum atomic E-state index is 0. The fourth-order valence-corrected chi connectivity index (χ4v) is 0.285. The molecule has 0 saturated carbocycles. The normalized spacial score (nSPS) is 8.67. The van der Waals surface area contributed by atoms with Gasteiger partial charge in [-0.2, -0.15) is 0 Å². The first-order valence-electron chi connectivity index (χ1n) is 2.62. The Bertz CT molecular complexity index is 116. The Labute approximate surface area is 57.4 Å². The van der Waals surface area contributed by atoms with Gasteiger partial charge < -0.3 is 6.15 Å². The summed E-state index contributed by atoms with van der Waals surface area (Å²) < 4.78 is 0. The van der Waals surface area contributed by atoms with E-state index in [2.05, 4.69) is 13.2 Å². The van der Waals surface area contributed by atoms with E-state index in [1.165, 1.54) is 0 Å². The van der Waals surface area contributed by atoms with E-state index < -0.39 is 0 Å². The van der Waals surface area contributed by atoms with Crippen LogP contribution in [-0.2, 0) is 0 Å². The zero-order chi connectivity index (χ0) is 6.57. The van der Waals surface area contributed by atoms with Gasteiger partial charge in [0, 0.05) is 0 Å². The molecule has 0 unspecified atom stereocenters. The Kier molecular flexibility index (Phi) is 6.53. The van der Waals surface area contributed by atoms with Gasteiger partial charge in [-0.1, -0.05) is 36.5 Å². The van der Waals surface area contributed by atoms with Crippen LogP contribution in [0.3, 0.4) is 0 Å². The molecule has 0 saturated heterocycles. The molecule has 0 bridgehead atoms. The first kappa shape index (κ1) is 11.0. The molecular weight excluding hydrogens is 110 g/mol. The van der Waals surface area contributed by atoms with Crippen LogP contribution >= 0.6 is 0 Å². The van der Waals surface area contributed by atoms with Crippen LogP contribution in [0.1, 0.15) is 13.8 Å². The summed E-state index contributed by atoms with van der Waals surface area (Å²) in [5, 5.41) is 0. The summed E-state index contributed by atoms with van der Waals surface area (Å²) in [6.07, 6.45) is 3.89. The number of hydrogen-bond donors (Lipinski definition) is 1. The summed E-state index contributed by atoms with van der Waals surface area (Å²) in [6.45, 7) is 11.3. The molecule has 9 heavy (non-hydrogen) atoms. The van der Waals surface area contributed by atoms with Crippen molar-refractivity contribution in [1.29, 1.82) is 0 Å². The molecule has 0 aliphatic rings. The molecule has 52 valence electrons. The Hall–Kier alpha value is -0.820. The highest BCUT2D eigenvalue weighted by Crippen LogP contribution is 1.94. The van der Waals surface area contributed by atoms with E-state index >= 15 is 0 Å². The predicted molar refractivity (Wildman–Crippen MR) is 43.8 cm³/mol. The maximum Gasteiger partial charge on any atom is -0.0404 e. The van der Waals surface area contributed by atoms with Crippen molar-refractivity contribution in [3.05, 3.63) is 36.5 Å². The highest BCUT2D eigenvalue weighted by molar-refractivity contribution is 5.20. The smallest absolute Gasteiger partial charge is 0.0404 e. The van der Waals surface area contributed by atoms with Crippen LogP contribution in [0, 0.1) is 0 Å². The van der Waals surface area contributed by atoms with Crippen molar-refractivity contribution in [3.8, 4) is 0 Å². The summed E-state index contributed by atoms with van der Waals surface area (Å²) in [5.41, 5.74) is 2.13. The Balaban J connectivity index is 0. The average molecular weight is 125 g/mol.